The Morgan fingerprint density at radius 3 is 1.76 bits per heavy atom. The van der Waals surface area contributed by atoms with E-state index in [-0.39, 0.29) is 0 Å². The number of halogens is 5. The Hall–Kier alpha value is -1.25. The maximum Gasteiger partial charge on any atom is 0.267 e. The Kier molecular flexibility index (Phi) is 7.17. The Balaban J connectivity index is 1.87. The van der Waals surface area contributed by atoms with E-state index in [1.54, 1.807) is 12.1 Å². The number of hydrogen-bond donors (Lipinski definition) is 0. The minimum atomic E-state index is -4.99. The molecule has 2 aromatic carbocycles. The van der Waals surface area contributed by atoms with E-state index in [0.29, 0.717) is 22.6 Å². The normalized spacial score (nSPS) is 16.4. The molecule has 0 atom stereocenters. The molecule has 1 aliphatic carbocycles. The monoisotopic (exact) mass is 466 g/mol. The second-order valence-electron chi connectivity index (χ2n) is 7.07. The fourth-order valence-corrected chi connectivity index (χ4v) is 5.49. The molecule has 3 rings (SSSR count). The summed E-state index contributed by atoms with van der Waals surface area (Å²) in [7, 11) is -0.0988. The van der Waals surface area contributed by atoms with E-state index in [1.807, 2.05) is 12.1 Å². The molecular formula is C20H19ClF4O2S2. The molecule has 0 bridgehead atoms. The molecule has 158 valence electrons. The van der Waals surface area contributed by atoms with Gasteiger partial charge in [-0.1, -0.05) is 56.0 Å². The topological polar surface area (TPSA) is 34.1 Å². The quantitative estimate of drug-likeness (QED) is 0.272. The van der Waals surface area contributed by atoms with Crippen molar-refractivity contribution in [3.8, 4) is 0 Å². The van der Waals surface area contributed by atoms with E-state index >= 15 is 0 Å². The van der Waals surface area contributed by atoms with E-state index in [1.165, 1.54) is 19.3 Å². The average molecular weight is 467 g/mol. The zero-order chi connectivity index (χ0) is 21.2. The van der Waals surface area contributed by atoms with Crippen LogP contribution in [0.1, 0.15) is 56.4 Å². The summed E-state index contributed by atoms with van der Waals surface area (Å²) >= 11 is 0.483. The van der Waals surface area contributed by atoms with Crippen LogP contribution in [0, 0.1) is 23.3 Å². The van der Waals surface area contributed by atoms with Gasteiger partial charge in [-0.3, -0.25) is 0 Å². The first-order valence-corrected chi connectivity index (χ1v) is 12.4. The van der Waals surface area contributed by atoms with Gasteiger partial charge in [0.1, 0.15) is 0 Å². The molecule has 0 spiro atoms. The predicted octanol–water partition coefficient (Wildman–Crippen LogP) is 7.15. The summed E-state index contributed by atoms with van der Waals surface area (Å²) in [5.74, 6) is -7.24. The molecule has 29 heavy (non-hydrogen) atoms. The van der Waals surface area contributed by atoms with Crippen molar-refractivity contribution in [1.82, 2.24) is 0 Å². The molecule has 0 unspecified atom stereocenters. The van der Waals surface area contributed by atoms with E-state index in [4.69, 9.17) is 10.7 Å². The molecule has 0 heterocycles. The maximum atomic E-state index is 14.2. The largest absolute Gasteiger partial charge is 0.267 e. The molecule has 0 saturated heterocycles. The van der Waals surface area contributed by atoms with Crippen LogP contribution in [-0.4, -0.2) is 8.42 Å². The molecule has 0 N–H and O–H groups in total. The van der Waals surface area contributed by atoms with Gasteiger partial charge in [0.25, 0.3) is 9.05 Å². The summed E-state index contributed by atoms with van der Waals surface area (Å²) in [5.41, 5.74) is 1.12. The second kappa shape index (κ2) is 9.27. The number of hydrogen-bond acceptors (Lipinski definition) is 3. The van der Waals surface area contributed by atoms with Crippen molar-refractivity contribution in [2.75, 3.05) is 0 Å². The summed E-state index contributed by atoms with van der Waals surface area (Å²) < 4.78 is 79.0. The highest BCUT2D eigenvalue weighted by molar-refractivity contribution is 8.13. The fraction of sp³-hybridized carbons (Fsp3) is 0.400. The van der Waals surface area contributed by atoms with Crippen molar-refractivity contribution in [2.24, 2.45) is 0 Å². The van der Waals surface area contributed by atoms with Gasteiger partial charge in [0.15, 0.2) is 28.2 Å². The van der Waals surface area contributed by atoms with E-state index in [2.05, 4.69) is 0 Å². The number of rotatable bonds is 4. The zero-order valence-electron chi connectivity index (χ0n) is 15.4. The highest BCUT2D eigenvalue weighted by atomic mass is 35.7. The lowest BCUT2D eigenvalue weighted by atomic mass is 9.86. The lowest BCUT2D eigenvalue weighted by Gasteiger charge is -2.20. The molecule has 2 aromatic rings. The van der Waals surface area contributed by atoms with Crippen molar-refractivity contribution in [3.63, 3.8) is 0 Å². The highest BCUT2D eigenvalue weighted by Gasteiger charge is 2.32. The smallest absolute Gasteiger partial charge is 0.207 e. The van der Waals surface area contributed by atoms with Crippen molar-refractivity contribution in [3.05, 3.63) is 53.1 Å². The average Bonchev–Trinajstić information content (AvgIpc) is 2.63. The first kappa shape index (κ1) is 22.4. The molecule has 0 aromatic heterocycles. The van der Waals surface area contributed by atoms with Crippen LogP contribution in [0.2, 0.25) is 0 Å². The zero-order valence-corrected chi connectivity index (χ0v) is 17.7. The van der Waals surface area contributed by atoms with Gasteiger partial charge in [-0.05, 0) is 36.5 Å². The van der Waals surface area contributed by atoms with Crippen LogP contribution in [0.25, 0.3) is 0 Å². The van der Waals surface area contributed by atoms with Crippen LogP contribution < -0.4 is 0 Å². The molecule has 0 aliphatic heterocycles. The van der Waals surface area contributed by atoms with Gasteiger partial charge in [0.05, 0.1) is 4.90 Å². The van der Waals surface area contributed by atoms with Gasteiger partial charge in [-0.15, -0.1) is 0 Å². The lowest BCUT2D eigenvalue weighted by molar-refractivity contribution is 0.396. The summed E-state index contributed by atoms with van der Waals surface area (Å²) in [6.45, 7) is 0. The van der Waals surface area contributed by atoms with Gasteiger partial charge >= 0.3 is 0 Å². The molecule has 2 nitrogen and oxygen atoms in total. The second-order valence-corrected chi connectivity index (χ2v) is 10.7. The Morgan fingerprint density at radius 2 is 1.28 bits per heavy atom. The van der Waals surface area contributed by atoms with E-state index in [9.17, 15) is 26.0 Å². The molecule has 0 radical (unpaired) electrons. The van der Waals surface area contributed by atoms with Crippen LogP contribution in [-0.2, 0) is 9.05 Å². The lowest BCUT2D eigenvalue weighted by Crippen LogP contribution is -2.08. The third-order valence-corrected chi connectivity index (χ3v) is 7.48. The maximum absolute atomic E-state index is 14.2. The molecule has 9 heteroatoms. The molecule has 1 fully saturated rings. The van der Waals surface area contributed by atoms with E-state index < -0.39 is 42.1 Å². The van der Waals surface area contributed by atoms with Crippen LogP contribution in [0.5, 0.6) is 0 Å². The Morgan fingerprint density at radius 1 is 0.793 bits per heavy atom. The van der Waals surface area contributed by atoms with Crippen molar-refractivity contribution < 1.29 is 26.0 Å². The van der Waals surface area contributed by atoms with Gasteiger partial charge < -0.3 is 0 Å². The highest BCUT2D eigenvalue weighted by Crippen LogP contribution is 2.39. The molecule has 1 saturated carbocycles. The van der Waals surface area contributed by atoms with Crippen LogP contribution in [0.15, 0.2) is 39.0 Å². The third-order valence-electron chi connectivity index (χ3n) is 5.10. The third kappa shape index (κ3) is 5.09. The standard InChI is InChI=1S/C20H19ClF4O2S2/c21-29(26,27)20-17(24)15(22)19(16(23)18(20)25)28-14-10-8-13(9-11-14)12-6-4-2-1-3-5-7-12/h8-12H,1-7H2. The van der Waals surface area contributed by atoms with Crippen molar-refractivity contribution >= 4 is 31.5 Å². The number of benzene rings is 2. The van der Waals surface area contributed by atoms with Crippen LogP contribution in [0.3, 0.4) is 0 Å². The van der Waals surface area contributed by atoms with Crippen LogP contribution >= 0.6 is 22.4 Å². The SMILES string of the molecule is O=S(=O)(Cl)c1c(F)c(F)c(Sc2ccc(C3CCCCCCC3)cc2)c(F)c1F. The molecular weight excluding hydrogens is 448 g/mol. The van der Waals surface area contributed by atoms with Crippen molar-refractivity contribution in [2.45, 2.75) is 65.6 Å². The van der Waals surface area contributed by atoms with Gasteiger partial charge in [0.2, 0.25) is 0 Å². The van der Waals surface area contributed by atoms with E-state index in [0.717, 1.165) is 31.2 Å². The minimum Gasteiger partial charge on any atom is -0.207 e. The Labute approximate surface area is 176 Å². The van der Waals surface area contributed by atoms with Crippen molar-refractivity contribution in [1.29, 1.82) is 0 Å². The first-order chi connectivity index (χ1) is 13.7. The van der Waals surface area contributed by atoms with Gasteiger partial charge in [0, 0.05) is 15.6 Å². The Bertz CT molecular complexity index is 958. The fourth-order valence-electron chi connectivity index (χ4n) is 3.61. The molecule has 1 aliphatic rings. The minimum absolute atomic E-state index is 0.373. The van der Waals surface area contributed by atoms with Crippen LogP contribution in [0.4, 0.5) is 17.6 Å². The first-order valence-electron chi connectivity index (χ1n) is 9.28. The summed E-state index contributed by atoms with van der Waals surface area (Å²) in [5, 5.41) is 0. The predicted molar refractivity (Wildman–Crippen MR) is 105 cm³/mol. The molecule has 0 amide bonds. The van der Waals surface area contributed by atoms with Gasteiger partial charge in [-0.2, -0.15) is 0 Å². The summed E-state index contributed by atoms with van der Waals surface area (Å²) in [6, 6.07) is 6.99. The summed E-state index contributed by atoms with van der Waals surface area (Å²) in [4.78, 5) is -2.40. The summed E-state index contributed by atoms with van der Waals surface area (Å²) in [6.07, 6.45) is 8.18. The van der Waals surface area contributed by atoms with Gasteiger partial charge in [-0.25, -0.2) is 26.0 Å².